The van der Waals surface area contributed by atoms with Crippen molar-refractivity contribution in [3.05, 3.63) is 23.8 Å². The minimum absolute atomic E-state index is 0.141. The first-order chi connectivity index (χ1) is 9.32. The summed E-state index contributed by atoms with van der Waals surface area (Å²) in [5.74, 6) is 0.291. The molecule has 1 N–H and O–H groups in total. The van der Waals surface area contributed by atoms with E-state index in [0.717, 1.165) is 9.87 Å². The molecular weight excluding hydrogens is 280 g/mol. The second-order valence-corrected chi connectivity index (χ2v) is 6.39. The number of carbonyl (C=O) groups is 1. The van der Waals surface area contributed by atoms with Crippen molar-refractivity contribution in [2.75, 3.05) is 27.2 Å². The highest BCUT2D eigenvalue weighted by Crippen LogP contribution is 2.23. The maximum absolute atomic E-state index is 12.3. The van der Waals surface area contributed by atoms with Gasteiger partial charge in [0.05, 0.1) is 18.6 Å². The molecule has 0 aliphatic carbocycles. The molecule has 0 aliphatic heterocycles. The number of rotatable bonds is 6. The second-order valence-electron chi connectivity index (χ2n) is 4.35. The van der Waals surface area contributed by atoms with Crippen LogP contribution in [0.3, 0.4) is 0 Å². The van der Waals surface area contributed by atoms with Gasteiger partial charge in [-0.25, -0.2) is 8.42 Å². The first-order valence-electron chi connectivity index (χ1n) is 6.20. The number of nitrogens with zero attached hydrogens (tertiary/aromatic N) is 1. The Kier molecular flexibility index (Phi) is 5.52. The van der Waals surface area contributed by atoms with Gasteiger partial charge in [0.25, 0.3) is 0 Å². The minimum atomic E-state index is -3.68. The number of hydrogen-bond donors (Lipinski definition) is 1. The summed E-state index contributed by atoms with van der Waals surface area (Å²) in [4.78, 5) is 11.6. The normalized spacial score (nSPS) is 11.4. The lowest BCUT2D eigenvalue weighted by molar-refractivity contribution is -0.121. The molecule has 0 fully saturated rings. The van der Waals surface area contributed by atoms with Gasteiger partial charge in [0, 0.05) is 13.6 Å². The molecule has 7 heteroatoms. The molecule has 0 aromatic heterocycles. The molecule has 0 aliphatic rings. The van der Waals surface area contributed by atoms with Gasteiger partial charge in [-0.3, -0.25) is 4.79 Å². The summed E-state index contributed by atoms with van der Waals surface area (Å²) in [7, 11) is -0.778. The van der Waals surface area contributed by atoms with Crippen LogP contribution in [-0.2, 0) is 14.8 Å². The number of sulfonamides is 1. The summed E-state index contributed by atoms with van der Waals surface area (Å²) in [6.45, 7) is 3.80. The molecule has 1 aromatic rings. The summed E-state index contributed by atoms with van der Waals surface area (Å²) in [5.41, 5.74) is 0.722. The number of methoxy groups -OCH3 is 1. The lowest BCUT2D eigenvalue weighted by Crippen LogP contribution is -2.38. The average Bonchev–Trinajstić information content (AvgIpc) is 2.38. The fraction of sp³-hybridized carbons (Fsp3) is 0.462. The van der Waals surface area contributed by atoms with Crippen molar-refractivity contribution < 1.29 is 17.9 Å². The van der Waals surface area contributed by atoms with E-state index in [1.54, 1.807) is 19.9 Å². The summed E-state index contributed by atoms with van der Waals surface area (Å²) >= 11 is 0. The van der Waals surface area contributed by atoms with Crippen molar-refractivity contribution in [1.29, 1.82) is 0 Å². The summed E-state index contributed by atoms with van der Waals surface area (Å²) in [5, 5.41) is 2.56. The van der Waals surface area contributed by atoms with Crippen LogP contribution in [0.5, 0.6) is 5.75 Å². The second kappa shape index (κ2) is 6.71. The Labute approximate surface area is 119 Å². The van der Waals surface area contributed by atoms with Crippen molar-refractivity contribution in [2.24, 2.45) is 0 Å². The number of carbonyl (C=O) groups excluding carboxylic acids is 1. The number of aryl methyl sites for hydroxylation is 1. The highest BCUT2D eigenvalue weighted by Gasteiger charge is 2.23. The van der Waals surface area contributed by atoms with E-state index in [2.05, 4.69) is 5.32 Å². The van der Waals surface area contributed by atoms with Crippen molar-refractivity contribution in [1.82, 2.24) is 9.62 Å². The van der Waals surface area contributed by atoms with Crippen molar-refractivity contribution >= 4 is 15.9 Å². The standard InChI is InChI=1S/C13H20N2O4S/c1-5-14-13(16)9-15(3)20(17,18)11-6-7-12(19-4)10(2)8-11/h6-8H,5,9H2,1-4H3,(H,14,16). The maximum atomic E-state index is 12.3. The van der Waals surface area contributed by atoms with Crippen LogP contribution in [0.2, 0.25) is 0 Å². The van der Waals surface area contributed by atoms with Gasteiger partial charge in [-0.1, -0.05) is 0 Å². The summed E-state index contributed by atoms with van der Waals surface area (Å²) in [6, 6.07) is 4.60. The molecule has 0 heterocycles. The first-order valence-corrected chi connectivity index (χ1v) is 7.64. The molecule has 20 heavy (non-hydrogen) atoms. The van der Waals surface area contributed by atoms with E-state index >= 15 is 0 Å². The lowest BCUT2D eigenvalue weighted by Gasteiger charge is -2.17. The smallest absolute Gasteiger partial charge is 0.243 e. The zero-order valence-electron chi connectivity index (χ0n) is 12.1. The van der Waals surface area contributed by atoms with Crippen LogP contribution in [0.15, 0.2) is 23.1 Å². The molecule has 0 unspecified atom stereocenters. The first kappa shape index (κ1) is 16.5. The largest absolute Gasteiger partial charge is 0.496 e. The number of likely N-dealkylation sites (N-methyl/N-ethyl adjacent to an activating group) is 2. The van der Waals surface area contributed by atoms with E-state index in [0.29, 0.717) is 12.3 Å². The van der Waals surface area contributed by atoms with Crippen LogP contribution >= 0.6 is 0 Å². The predicted molar refractivity (Wildman–Crippen MR) is 76.2 cm³/mol. The van der Waals surface area contributed by atoms with E-state index in [9.17, 15) is 13.2 Å². The van der Waals surface area contributed by atoms with Crippen LogP contribution in [0, 0.1) is 6.92 Å². The average molecular weight is 300 g/mol. The van der Waals surface area contributed by atoms with Gasteiger partial charge in [0.1, 0.15) is 5.75 Å². The van der Waals surface area contributed by atoms with Gasteiger partial charge in [-0.05, 0) is 37.6 Å². The predicted octanol–water partition coefficient (Wildman–Crippen LogP) is 0.760. The minimum Gasteiger partial charge on any atom is -0.496 e. The quantitative estimate of drug-likeness (QED) is 0.841. The number of benzene rings is 1. The molecule has 1 aromatic carbocycles. The van der Waals surface area contributed by atoms with Gasteiger partial charge < -0.3 is 10.1 Å². The molecule has 0 bridgehead atoms. The Hall–Kier alpha value is -1.60. The van der Waals surface area contributed by atoms with Gasteiger partial charge in [0.2, 0.25) is 15.9 Å². The Bertz CT molecular complexity index is 584. The molecule has 0 saturated heterocycles. The monoisotopic (exact) mass is 300 g/mol. The molecule has 0 atom stereocenters. The van der Waals surface area contributed by atoms with E-state index in [1.165, 1.54) is 26.3 Å². The Balaban J connectivity index is 2.98. The molecule has 0 spiro atoms. The fourth-order valence-corrected chi connectivity index (χ4v) is 2.94. The third-order valence-electron chi connectivity index (χ3n) is 2.81. The zero-order valence-corrected chi connectivity index (χ0v) is 13.0. The third kappa shape index (κ3) is 3.71. The highest BCUT2D eigenvalue weighted by molar-refractivity contribution is 7.89. The topological polar surface area (TPSA) is 75.7 Å². The molecule has 6 nitrogen and oxygen atoms in total. The molecule has 1 rings (SSSR count). The Morgan fingerprint density at radius 2 is 2.05 bits per heavy atom. The maximum Gasteiger partial charge on any atom is 0.243 e. The van der Waals surface area contributed by atoms with Crippen molar-refractivity contribution in [3.63, 3.8) is 0 Å². The van der Waals surface area contributed by atoms with Gasteiger partial charge in [0.15, 0.2) is 0 Å². The number of ether oxygens (including phenoxy) is 1. The van der Waals surface area contributed by atoms with Crippen molar-refractivity contribution in [3.8, 4) is 5.75 Å². The highest BCUT2D eigenvalue weighted by atomic mass is 32.2. The third-order valence-corrected chi connectivity index (χ3v) is 4.61. The Morgan fingerprint density at radius 1 is 1.40 bits per heavy atom. The molecular formula is C13H20N2O4S. The number of nitrogens with one attached hydrogen (secondary N) is 1. The van der Waals surface area contributed by atoms with E-state index in [4.69, 9.17) is 4.74 Å². The van der Waals surface area contributed by atoms with Crippen LogP contribution in [0.4, 0.5) is 0 Å². The van der Waals surface area contributed by atoms with Crippen LogP contribution in [0.1, 0.15) is 12.5 Å². The SMILES string of the molecule is CCNC(=O)CN(C)S(=O)(=O)c1ccc(OC)c(C)c1. The molecule has 112 valence electrons. The molecule has 1 amide bonds. The zero-order chi connectivity index (χ0) is 15.3. The van der Waals surface area contributed by atoms with Crippen molar-refractivity contribution in [2.45, 2.75) is 18.7 Å². The fourth-order valence-electron chi connectivity index (χ4n) is 1.73. The van der Waals surface area contributed by atoms with E-state index < -0.39 is 10.0 Å². The van der Waals surface area contributed by atoms with Gasteiger partial charge in [-0.15, -0.1) is 0 Å². The molecule has 0 saturated carbocycles. The van der Waals surface area contributed by atoms with Crippen LogP contribution in [0.25, 0.3) is 0 Å². The van der Waals surface area contributed by atoms with E-state index in [1.807, 2.05) is 0 Å². The number of amides is 1. The van der Waals surface area contributed by atoms with Gasteiger partial charge in [-0.2, -0.15) is 4.31 Å². The van der Waals surface area contributed by atoms with Gasteiger partial charge >= 0.3 is 0 Å². The lowest BCUT2D eigenvalue weighted by atomic mass is 10.2. The Morgan fingerprint density at radius 3 is 2.55 bits per heavy atom. The summed E-state index contributed by atoms with van der Waals surface area (Å²) in [6.07, 6.45) is 0. The number of hydrogen-bond acceptors (Lipinski definition) is 4. The van der Waals surface area contributed by atoms with E-state index in [-0.39, 0.29) is 17.3 Å². The molecule has 0 radical (unpaired) electrons. The van der Waals surface area contributed by atoms with Crippen LogP contribution in [-0.4, -0.2) is 45.9 Å². The summed E-state index contributed by atoms with van der Waals surface area (Å²) < 4.78 is 30.8. The van der Waals surface area contributed by atoms with Crippen LogP contribution < -0.4 is 10.1 Å².